The number of nitrogen functional groups attached to an aromatic ring is 1. The molecule has 0 heterocycles. The maximum atomic E-state index is 5.67. The van der Waals surface area contributed by atoms with E-state index in [1.54, 1.807) is 7.11 Å². The number of anilines is 1. The zero-order valence-corrected chi connectivity index (χ0v) is 11.5. The fraction of sp³-hybridized carbons (Fsp3) is 0.250. The van der Waals surface area contributed by atoms with E-state index in [9.17, 15) is 0 Å². The summed E-state index contributed by atoms with van der Waals surface area (Å²) in [5.74, 6) is 2.44. The van der Waals surface area contributed by atoms with Gasteiger partial charge in [0.15, 0.2) is 0 Å². The highest BCUT2D eigenvalue weighted by Gasteiger charge is 1.97. The molecule has 0 atom stereocenters. The molecule has 0 amide bonds. The quantitative estimate of drug-likeness (QED) is 0.622. The van der Waals surface area contributed by atoms with Gasteiger partial charge in [-0.15, -0.1) is 0 Å². The topological polar surface area (TPSA) is 53.7 Å². The molecule has 4 nitrogen and oxygen atoms in total. The number of hydrogen-bond acceptors (Lipinski definition) is 4. The lowest BCUT2D eigenvalue weighted by atomic mass is 10.3. The molecule has 0 saturated heterocycles. The van der Waals surface area contributed by atoms with Crippen LogP contribution in [0.15, 0.2) is 48.5 Å². The summed E-state index contributed by atoms with van der Waals surface area (Å²) in [6.45, 7) is 1.20. The van der Waals surface area contributed by atoms with Crippen LogP contribution in [0.5, 0.6) is 17.2 Å². The fourth-order valence-corrected chi connectivity index (χ4v) is 1.72. The summed E-state index contributed by atoms with van der Waals surface area (Å²) in [4.78, 5) is 0. The molecule has 2 N–H and O–H groups in total. The van der Waals surface area contributed by atoms with Gasteiger partial charge >= 0.3 is 0 Å². The van der Waals surface area contributed by atoms with Crippen molar-refractivity contribution >= 4 is 5.69 Å². The van der Waals surface area contributed by atoms with E-state index in [1.165, 1.54) is 0 Å². The lowest BCUT2D eigenvalue weighted by Crippen LogP contribution is -2.05. The minimum Gasteiger partial charge on any atom is -0.497 e. The summed E-state index contributed by atoms with van der Waals surface area (Å²) < 4.78 is 16.3. The van der Waals surface area contributed by atoms with Gasteiger partial charge in [0, 0.05) is 18.2 Å². The molecule has 0 fully saturated rings. The summed E-state index contributed by atoms with van der Waals surface area (Å²) in [6, 6.07) is 14.9. The molecule has 106 valence electrons. The third kappa shape index (κ3) is 4.39. The van der Waals surface area contributed by atoms with Gasteiger partial charge in [-0.3, -0.25) is 0 Å². The SMILES string of the molecule is COc1ccc(OCCCOc2cccc(N)c2)cc1. The van der Waals surface area contributed by atoms with Gasteiger partial charge in [-0.05, 0) is 36.4 Å². The minimum atomic E-state index is 0.597. The maximum Gasteiger partial charge on any atom is 0.121 e. The molecule has 0 saturated carbocycles. The van der Waals surface area contributed by atoms with Gasteiger partial charge in [-0.25, -0.2) is 0 Å². The number of nitrogens with two attached hydrogens (primary N) is 1. The molecular weight excluding hydrogens is 254 g/mol. The average Bonchev–Trinajstić information content (AvgIpc) is 2.48. The van der Waals surface area contributed by atoms with Crippen LogP contribution in [0, 0.1) is 0 Å². The third-order valence-electron chi connectivity index (χ3n) is 2.74. The van der Waals surface area contributed by atoms with Crippen molar-refractivity contribution in [3.05, 3.63) is 48.5 Å². The first-order valence-electron chi connectivity index (χ1n) is 6.53. The van der Waals surface area contributed by atoms with Crippen LogP contribution in [0.4, 0.5) is 5.69 Å². The number of hydrogen-bond donors (Lipinski definition) is 1. The molecule has 0 radical (unpaired) electrons. The molecule has 0 aliphatic carbocycles. The van der Waals surface area contributed by atoms with Gasteiger partial charge in [-0.1, -0.05) is 6.07 Å². The maximum absolute atomic E-state index is 5.67. The van der Waals surface area contributed by atoms with Crippen LogP contribution in [-0.4, -0.2) is 20.3 Å². The predicted molar refractivity (Wildman–Crippen MR) is 79.5 cm³/mol. The zero-order valence-electron chi connectivity index (χ0n) is 11.5. The molecule has 2 aromatic carbocycles. The van der Waals surface area contributed by atoms with Gasteiger partial charge in [0.2, 0.25) is 0 Å². The molecule has 2 aromatic rings. The van der Waals surface area contributed by atoms with Gasteiger partial charge in [0.25, 0.3) is 0 Å². The van der Waals surface area contributed by atoms with E-state index in [1.807, 2.05) is 48.5 Å². The van der Waals surface area contributed by atoms with Crippen LogP contribution in [0.2, 0.25) is 0 Å². The normalized spacial score (nSPS) is 10.1. The molecule has 0 spiro atoms. The second-order valence-electron chi connectivity index (χ2n) is 4.30. The van der Waals surface area contributed by atoms with E-state index >= 15 is 0 Å². The van der Waals surface area contributed by atoms with Crippen molar-refractivity contribution in [3.63, 3.8) is 0 Å². The van der Waals surface area contributed by atoms with Crippen molar-refractivity contribution in [3.8, 4) is 17.2 Å². The Labute approximate surface area is 119 Å². The lowest BCUT2D eigenvalue weighted by Gasteiger charge is -2.08. The van der Waals surface area contributed by atoms with Crippen molar-refractivity contribution in [2.24, 2.45) is 0 Å². The van der Waals surface area contributed by atoms with Gasteiger partial charge < -0.3 is 19.9 Å². The van der Waals surface area contributed by atoms with Crippen molar-refractivity contribution in [2.45, 2.75) is 6.42 Å². The Hall–Kier alpha value is -2.36. The van der Waals surface area contributed by atoms with Crippen LogP contribution in [0.3, 0.4) is 0 Å². The third-order valence-corrected chi connectivity index (χ3v) is 2.74. The molecule has 0 bridgehead atoms. The second-order valence-corrected chi connectivity index (χ2v) is 4.30. The Morgan fingerprint density at radius 1 is 0.850 bits per heavy atom. The molecular formula is C16H19NO3. The lowest BCUT2D eigenvalue weighted by molar-refractivity contribution is 0.247. The highest BCUT2D eigenvalue weighted by molar-refractivity contribution is 5.43. The minimum absolute atomic E-state index is 0.597. The van der Waals surface area contributed by atoms with Crippen molar-refractivity contribution in [1.29, 1.82) is 0 Å². The highest BCUT2D eigenvalue weighted by Crippen LogP contribution is 2.17. The van der Waals surface area contributed by atoms with Crippen molar-refractivity contribution in [1.82, 2.24) is 0 Å². The van der Waals surface area contributed by atoms with Crippen LogP contribution >= 0.6 is 0 Å². The average molecular weight is 273 g/mol. The van der Waals surface area contributed by atoms with Gasteiger partial charge in [0.1, 0.15) is 17.2 Å². The van der Waals surface area contributed by atoms with E-state index in [2.05, 4.69) is 0 Å². The Balaban J connectivity index is 1.66. The first kappa shape index (κ1) is 14.1. The van der Waals surface area contributed by atoms with Crippen LogP contribution in [0.1, 0.15) is 6.42 Å². The Morgan fingerprint density at radius 3 is 2.15 bits per heavy atom. The Bertz CT molecular complexity index is 526. The molecule has 2 rings (SSSR count). The van der Waals surface area contributed by atoms with E-state index in [4.69, 9.17) is 19.9 Å². The summed E-state index contributed by atoms with van der Waals surface area (Å²) in [6.07, 6.45) is 0.806. The highest BCUT2D eigenvalue weighted by atomic mass is 16.5. The summed E-state index contributed by atoms with van der Waals surface area (Å²) >= 11 is 0. The molecule has 0 aliphatic rings. The molecule has 0 aromatic heterocycles. The standard InChI is InChI=1S/C16H19NO3/c1-18-14-6-8-15(9-7-14)19-10-3-11-20-16-5-2-4-13(17)12-16/h2,4-9,12H,3,10-11,17H2,1H3. The van der Waals surface area contributed by atoms with Crippen LogP contribution in [-0.2, 0) is 0 Å². The Morgan fingerprint density at radius 2 is 1.50 bits per heavy atom. The number of ether oxygens (including phenoxy) is 3. The van der Waals surface area contributed by atoms with Crippen LogP contribution < -0.4 is 19.9 Å². The summed E-state index contributed by atoms with van der Waals surface area (Å²) in [5, 5.41) is 0. The van der Waals surface area contributed by atoms with Gasteiger partial charge in [-0.2, -0.15) is 0 Å². The van der Waals surface area contributed by atoms with E-state index in [0.717, 1.165) is 23.7 Å². The predicted octanol–water partition coefficient (Wildman–Crippen LogP) is 3.13. The summed E-state index contributed by atoms with van der Waals surface area (Å²) in [7, 11) is 1.64. The van der Waals surface area contributed by atoms with Gasteiger partial charge in [0.05, 0.1) is 20.3 Å². The first-order chi connectivity index (χ1) is 9.78. The van der Waals surface area contributed by atoms with E-state index < -0.39 is 0 Å². The molecule has 4 heteroatoms. The van der Waals surface area contributed by atoms with Crippen LogP contribution in [0.25, 0.3) is 0 Å². The summed E-state index contributed by atoms with van der Waals surface area (Å²) in [5.41, 5.74) is 6.38. The Kier molecular flexibility index (Phi) is 5.12. The number of methoxy groups -OCH3 is 1. The molecule has 20 heavy (non-hydrogen) atoms. The smallest absolute Gasteiger partial charge is 0.121 e. The number of rotatable bonds is 7. The monoisotopic (exact) mass is 273 g/mol. The second kappa shape index (κ2) is 7.28. The van der Waals surface area contributed by atoms with E-state index in [-0.39, 0.29) is 0 Å². The van der Waals surface area contributed by atoms with Crippen molar-refractivity contribution in [2.75, 3.05) is 26.1 Å². The fourth-order valence-electron chi connectivity index (χ4n) is 1.72. The number of benzene rings is 2. The first-order valence-corrected chi connectivity index (χ1v) is 6.53. The van der Waals surface area contributed by atoms with Crippen molar-refractivity contribution < 1.29 is 14.2 Å². The largest absolute Gasteiger partial charge is 0.497 e. The van der Waals surface area contributed by atoms with E-state index in [0.29, 0.717) is 18.9 Å². The molecule has 0 unspecified atom stereocenters. The zero-order chi connectivity index (χ0) is 14.2. The molecule has 0 aliphatic heterocycles.